The summed E-state index contributed by atoms with van der Waals surface area (Å²) in [6.45, 7) is 9.43. The summed E-state index contributed by atoms with van der Waals surface area (Å²) in [4.78, 5) is 12.1. The second-order valence-electron chi connectivity index (χ2n) is 7.61. The quantitative estimate of drug-likeness (QED) is 0.659. The van der Waals surface area contributed by atoms with Crippen molar-refractivity contribution in [1.82, 2.24) is 0 Å². The van der Waals surface area contributed by atoms with Crippen LogP contribution in [0.5, 0.6) is 0 Å². The Bertz CT molecular complexity index is 345. The van der Waals surface area contributed by atoms with Crippen molar-refractivity contribution in [3.05, 3.63) is 0 Å². The summed E-state index contributed by atoms with van der Waals surface area (Å²) in [7, 11) is 0. The summed E-state index contributed by atoms with van der Waals surface area (Å²) in [5.74, 6) is 3.81. The normalized spacial score (nSPS) is 55.1. The minimum atomic E-state index is 0.0395. The van der Waals surface area contributed by atoms with Crippen molar-refractivity contribution in [2.75, 3.05) is 0 Å². The van der Waals surface area contributed by atoms with E-state index < -0.39 is 0 Å². The Labute approximate surface area is 99.0 Å². The molecule has 16 heavy (non-hydrogen) atoms. The van der Waals surface area contributed by atoms with E-state index >= 15 is 0 Å². The van der Waals surface area contributed by atoms with Crippen molar-refractivity contribution in [3.8, 4) is 0 Å². The predicted molar refractivity (Wildman–Crippen MR) is 65.0 cm³/mol. The van der Waals surface area contributed by atoms with E-state index in [2.05, 4.69) is 27.7 Å². The zero-order valence-electron chi connectivity index (χ0n) is 11.0. The first-order valence-electron chi connectivity index (χ1n) is 6.89. The molecule has 4 fully saturated rings. The third-order valence-corrected chi connectivity index (χ3v) is 6.08. The Hall–Kier alpha value is -0.330. The molecule has 2 unspecified atom stereocenters. The van der Waals surface area contributed by atoms with Crippen LogP contribution in [0.25, 0.3) is 0 Å². The summed E-state index contributed by atoms with van der Waals surface area (Å²) in [6, 6.07) is 0. The lowest BCUT2D eigenvalue weighted by Crippen LogP contribution is -2.51. The highest BCUT2D eigenvalue weighted by atomic mass is 16.1. The van der Waals surface area contributed by atoms with Gasteiger partial charge in [0.1, 0.15) is 5.78 Å². The van der Waals surface area contributed by atoms with Gasteiger partial charge in [-0.2, -0.15) is 0 Å². The van der Waals surface area contributed by atoms with Crippen molar-refractivity contribution in [1.29, 1.82) is 0 Å². The number of carbonyl (C=O) groups is 1. The highest BCUT2D eigenvalue weighted by Gasteiger charge is 2.64. The minimum Gasteiger partial charge on any atom is -0.299 e. The molecule has 4 rings (SSSR count). The van der Waals surface area contributed by atoms with E-state index in [1.54, 1.807) is 0 Å². The molecule has 0 aromatic heterocycles. The fraction of sp³-hybridized carbons (Fsp3) is 0.933. The third kappa shape index (κ3) is 1.15. The average molecular weight is 220 g/mol. The zero-order chi connectivity index (χ0) is 11.7. The fourth-order valence-corrected chi connectivity index (χ4v) is 5.42. The molecule has 0 radical (unpaired) electrons. The van der Waals surface area contributed by atoms with E-state index in [4.69, 9.17) is 0 Å². The molecule has 0 N–H and O–H groups in total. The molecule has 1 nitrogen and oxygen atoms in total. The van der Waals surface area contributed by atoms with Crippen LogP contribution in [0.1, 0.15) is 53.4 Å². The van der Waals surface area contributed by atoms with Crippen molar-refractivity contribution < 1.29 is 4.79 Å². The van der Waals surface area contributed by atoms with Crippen LogP contribution < -0.4 is 0 Å². The maximum Gasteiger partial charge on any atom is 0.139 e. The molecule has 5 atom stereocenters. The Morgan fingerprint density at radius 1 is 1.25 bits per heavy atom. The van der Waals surface area contributed by atoms with Gasteiger partial charge in [-0.05, 0) is 48.3 Å². The molecule has 4 saturated carbocycles. The van der Waals surface area contributed by atoms with Crippen LogP contribution >= 0.6 is 0 Å². The van der Waals surface area contributed by atoms with Gasteiger partial charge in [-0.1, -0.05) is 27.7 Å². The Balaban J connectivity index is 2.00. The summed E-state index contributed by atoms with van der Waals surface area (Å²) in [5.41, 5.74) is 0.526. The van der Waals surface area contributed by atoms with E-state index in [0.29, 0.717) is 17.1 Å². The SMILES string of the molecule is CC(C)[C@H]1C[C@@]2(C)C[C@@]3(C)CC1C2CC3=O. The Morgan fingerprint density at radius 2 is 1.94 bits per heavy atom. The summed E-state index contributed by atoms with van der Waals surface area (Å²) in [5, 5.41) is 0. The van der Waals surface area contributed by atoms with Crippen LogP contribution in [0.2, 0.25) is 0 Å². The van der Waals surface area contributed by atoms with Crippen molar-refractivity contribution in [2.45, 2.75) is 53.4 Å². The molecule has 4 aliphatic rings. The minimum absolute atomic E-state index is 0.0395. The number of carbonyl (C=O) groups excluding carboxylic acids is 1. The molecule has 4 bridgehead atoms. The maximum atomic E-state index is 12.1. The van der Waals surface area contributed by atoms with Gasteiger partial charge in [0.05, 0.1) is 0 Å². The van der Waals surface area contributed by atoms with Crippen LogP contribution in [0.3, 0.4) is 0 Å². The van der Waals surface area contributed by atoms with E-state index in [1.165, 1.54) is 19.3 Å². The van der Waals surface area contributed by atoms with Crippen molar-refractivity contribution >= 4 is 5.78 Å². The van der Waals surface area contributed by atoms with Gasteiger partial charge in [0.25, 0.3) is 0 Å². The van der Waals surface area contributed by atoms with Gasteiger partial charge in [0.15, 0.2) is 0 Å². The largest absolute Gasteiger partial charge is 0.299 e. The second-order valence-corrected chi connectivity index (χ2v) is 7.61. The van der Waals surface area contributed by atoms with Gasteiger partial charge in [-0.3, -0.25) is 4.79 Å². The van der Waals surface area contributed by atoms with Crippen molar-refractivity contribution in [3.63, 3.8) is 0 Å². The third-order valence-electron chi connectivity index (χ3n) is 6.08. The monoisotopic (exact) mass is 220 g/mol. The molecule has 0 heterocycles. The highest BCUT2D eigenvalue weighted by molar-refractivity contribution is 5.87. The first-order valence-corrected chi connectivity index (χ1v) is 6.89. The fourth-order valence-electron chi connectivity index (χ4n) is 5.42. The summed E-state index contributed by atoms with van der Waals surface area (Å²) < 4.78 is 0. The number of hydrogen-bond acceptors (Lipinski definition) is 1. The van der Waals surface area contributed by atoms with Gasteiger partial charge in [-0.15, -0.1) is 0 Å². The lowest BCUT2D eigenvalue weighted by molar-refractivity contribution is -0.147. The summed E-state index contributed by atoms with van der Waals surface area (Å²) in [6.07, 6.45) is 4.63. The first kappa shape index (κ1) is 10.8. The molecule has 0 aromatic rings. The first-order chi connectivity index (χ1) is 7.36. The summed E-state index contributed by atoms with van der Waals surface area (Å²) >= 11 is 0. The number of fused-ring (bicyclic) bond motifs is 1. The number of hydrogen-bond donors (Lipinski definition) is 0. The van der Waals surface area contributed by atoms with Gasteiger partial charge < -0.3 is 0 Å². The number of ketones is 1. The molecule has 0 amide bonds. The predicted octanol–water partition coefficient (Wildman–Crippen LogP) is 3.67. The smallest absolute Gasteiger partial charge is 0.139 e. The van der Waals surface area contributed by atoms with Gasteiger partial charge in [0, 0.05) is 11.8 Å². The molecule has 1 heteroatoms. The molecule has 0 spiro atoms. The molecule has 4 aliphatic carbocycles. The number of Topliss-reactive ketones (excluding diaryl/α,β-unsaturated/α-hetero) is 1. The van der Waals surface area contributed by atoms with Gasteiger partial charge in [-0.25, -0.2) is 0 Å². The van der Waals surface area contributed by atoms with Gasteiger partial charge >= 0.3 is 0 Å². The molecule has 0 aromatic carbocycles. The topological polar surface area (TPSA) is 17.1 Å². The van der Waals surface area contributed by atoms with Crippen LogP contribution in [-0.4, -0.2) is 5.78 Å². The van der Waals surface area contributed by atoms with Crippen LogP contribution in [0.15, 0.2) is 0 Å². The highest BCUT2D eigenvalue weighted by Crippen LogP contribution is 2.69. The van der Waals surface area contributed by atoms with E-state index in [-0.39, 0.29) is 5.41 Å². The Morgan fingerprint density at radius 3 is 2.50 bits per heavy atom. The van der Waals surface area contributed by atoms with Gasteiger partial charge in [0.2, 0.25) is 0 Å². The lowest BCUT2D eigenvalue weighted by atomic mass is 9.50. The Kier molecular flexibility index (Phi) is 1.97. The van der Waals surface area contributed by atoms with Crippen LogP contribution in [0.4, 0.5) is 0 Å². The lowest BCUT2D eigenvalue weighted by Gasteiger charge is -2.53. The van der Waals surface area contributed by atoms with E-state index in [0.717, 1.165) is 24.2 Å². The molecule has 0 aliphatic heterocycles. The number of rotatable bonds is 1. The standard InChI is InChI=1S/C15H24O/c1-9(2)10-6-14(3)8-15(4)7-11(10)12(14)5-13(15)16/h9-12H,5-8H2,1-4H3/t10-,11?,12?,14+,15-/m1/s1. The molecule has 90 valence electrons. The van der Waals surface area contributed by atoms with Crippen LogP contribution in [-0.2, 0) is 4.79 Å². The zero-order valence-corrected chi connectivity index (χ0v) is 11.0. The van der Waals surface area contributed by atoms with Crippen molar-refractivity contribution in [2.24, 2.45) is 34.5 Å². The molecule has 0 saturated heterocycles. The van der Waals surface area contributed by atoms with E-state index in [1.807, 2.05) is 0 Å². The maximum absolute atomic E-state index is 12.1. The van der Waals surface area contributed by atoms with Crippen LogP contribution in [0, 0.1) is 34.5 Å². The molecular weight excluding hydrogens is 196 g/mol. The average Bonchev–Trinajstić information content (AvgIpc) is 2.37. The second kappa shape index (κ2) is 2.91. The van der Waals surface area contributed by atoms with E-state index in [9.17, 15) is 4.79 Å². The molecular formula is C15H24O.